The largest absolute Gasteiger partial charge is 0.340 e. The SMILES string of the molecule is O=C(Cn1cc(Br)cn1)N1C[C@@H]2CS(=O)(=O)C[C@@H]2C1. The first-order chi connectivity index (χ1) is 8.93. The molecule has 2 aliphatic rings. The van der Waals surface area contributed by atoms with Crippen LogP contribution in [-0.2, 0) is 21.2 Å². The molecule has 0 bridgehead atoms. The molecule has 1 aromatic heterocycles. The number of fused-ring (bicyclic) bond motifs is 1. The number of carbonyl (C=O) groups excluding carboxylic acids is 1. The zero-order valence-electron chi connectivity index (χ0n) is 10.2. The second kappa shape index (κ2) is 4.59. The zero-order chi connectivity index (χ0) is 13.6. The van der Waals surface area contributed by atoms with Gasteiger partial charge in [-0.2, -0.15) is 5.10 Å². The molecule has 8 heteroatoms. The van der Waals surface area contributed by atoms with Gasteiger partial charge in [-0.05, 0) is 27.8 Å². The number of carbonyl (C=O) groups is 1. The first kappa shape index (κ1) is 13.1. The zero-order valence-corrected chi connectivity index (χ0v) is 12.6. The monoisotopic (exact) mass is 347 g/mol. The van der Waals surface area contributed by atoms with Crippen LogP contribution in [0, 0.1) is 11.8 Å². The van der Waals surface area contributed by atoms with Crippen LogP contribution in [0.3, 0.4) is 0 Å². The molecule has 1 amide bonds. The van der Waals surface area contributed by atoms with E-state index in [0.29, 0.717) is 13.1 Å². The molecule has 0 spiro atoms. The molecule has 6 nitrogen and oxygen atoms in total. The van der Waals surface area contributed by atoms with Crippen LogP contribution < -0.4 is 0 Å². The van der Waals surface area contributed by atoms with Crippen molar-refractivity contribution in [2.45, 2.75) is 6.54 Å². The van der Waals surface area contributed by atoms with Gasteiger partial charge in [0.15, 0.2) is 9.84 Å². The van der Waals surface area contributed by atoms with Crippen LogP contribution in [0.4, 0.5) is 0 Å². The van der Waals surface area contributed by atoms with Crippen LogP contribution in [0.2, 0.25) is 0 Å². The minimum Gasteiger partial charge on any atom is -0.340 e. The van der Waals surface area contributed by atoms with E-state index in [0.717, 1.165) is 4.47 Å². The van der Waals surface area contributed by atoms with E-state index in [9.17, 15) is 13.2 Å². The van der Waals surface area contributed by atoms with Gasteiger partial charge in [-0.25, -0.2) is 8.42 Å². The molecule has 0 unspecified atom stereocenters. The molecule has 0 N–H and O–H groups in total. The Morgan fingerprint density at radius 1 is 1.37 bits per heavy atom. The van der Waals surface area contributed by atoms with Crippen molar-refractivity contribution in [3.05, 3.63) is 16.9 Å². The number of likely N-dealkylation sites (tertiary alicyclic amines) is 1. The van der Waals surface area contributed by atoms with Gasteiger partial charge in [0.2, 0.25) is 5.91 Å². The number of sulfone groups is 1. The van der Waals surface area contributed by atoms with Gasteiger partial charge in [0.25, 0.3) is 0 Å². The summed E-state index contributed by atoms with van der Waals surface area (Å²) in [5, 5.41) is 4.05. The van der Waals surface area contributed by atoms with Gasteiger partial charge >= 0.3 is 0 Å². The van der Waals surface area contributed by atoms with Gasteiger partial charge < -0.3 is 4.90 Å². The lowest BCUT2D eigenvalue weighted by Crippen LogP contribution is -2.33. The number of aromatic nitrogens is 2. The van der Waals surface area contributed by atoms with Crippen LogP contribution in [-0.4, -0.2) is 53.6 Å². The lowest BCUT2D eigenvalue weighted by Gasteiger charge is -2.17. The van der Waals surface area contributed by atoms with E-state index in [1.165, 1.54) is 0 Å². The molecule has 104 valence electrons. The van der Waals surface area contributed by atoms with Crippen LogP contribution in [0.15, 0.2) is 16.9 Å². The number of halogens is 1. The third-order valence-corrected chi connectivity index (χ3v) is 6.05. The fraction of sp³-hybridized carbons (Fsp3) is 0.636. The summed E-state index contributed by atoms with van der Waals surface area (Å²) in [5.74, 6) is 0.711. The first-order valence-corrected chi connectivity index (χ1v) is 8.70. The third kappa shape index (κ3) is 2.69. The normalized spacial score (nSPS) is 28.6. The summed E-state index contributed by atoms with van der Waals surface area (Å²) in [4.78, 5) is 13.9. The lowest BCUT2D eigenvalue weighted by atomic mass is 10.0. The Bertz CT molecular complexity index is 592. The maximum Gasteiger partial charge on any atom is 0.244 e. The second-order valence-corrected chi connectivity index (χ2v) is 8.32. The van der Waals surface area contributed by atoms with Crippen LogP contribution in [0.1, 0.15) is 0 Å². The van der Waals surface area contributed by atoms with E-state index >= 15 is 0 Å². The van der Waals surface area contributed by atoms with Crippen molar-refractivity contribution < 1.29 is 13.2 Å². The van der Waals surface area contributed by atoms with Crippen molar-refractivity contribution in [2.24, 2.45) is 11.8 Å². The summed E-state index contributed by atoms with van der Waals surface area (Å²) < 4.78 is 25.4. The van der Waals surface area contributed by atoms with E-state index in [-0.39, 0.29) is 35.8 Å². The Hall–Kier alpha value is -0.890. The minimum atomic E-state index is -2.87. The summed E-state index contributed by atoms with van der Waals surface area (Å²) >= 11 is 3.28. The van der Waals surface area contributed by atoms with Crippen molar-refractivity contribution in [3.8, 4) is 0 Å². The molecule has 3 heterocycles. The molecule has 2 fully saturated rings. The molecule has 3 rings (SSSR count). The smallest absolute Gasteiger partial charge is 0.244 e. The van der Waals surface area contributed by atoms with Gasteiger partial charge in [0.05, 0.1) is 22.2 Å². The van der Waals surface area contributed by atoms with E-state index in [2.05, 4.69) is 21.0 Å². The Kier molecular flexibility index (Phi) is 3.17. The molecule has 0 aromatic carbocycles. The van der Waals surface area contributed by atoms with Gasteiger partial charge in [-0.15, -0.1) is 0 Å². The molecule has 0 aliphatic carbocycles. The number of amides is 1. The molecule has 2 atom stereocenters. The number of hydrogen-bond acceptors (Lipinski definition) is 4. The fourth-order valence-electron chi connectivity index (χ4n) is 2.90. The Morgan fingerprint density at radius 3 is 2.53 bits per heavy atom. The highest BCUT2D eigenvalue weighted by Crippen LogP contribution is 2.32. The summed E-state index contributed by atoms with van der Waals surface area (Å²) in [7, 11) is -2.87. The molecule has 0 saturated carbocycles. The van der Waals surface area contributed by atoms with Crippen molar-refractivity contribution in [1.82, 2.24) is 14.7 Å². The highest BCUT2D eigenvalue weighted by atomic mass is 79.9. The molecule has 2 saturated heterocycles. The fourth-order valence-corrected chi connectivity index (χ4v) is 5.43. The average Bonchev–Trinajstić information content (AvgIpc) is 2.91. The van der Waals surface area contributed by atoms with E-state index < -0.39 is 9.84 Å². The standard InChI is InChI=1S/C11H14BrN3O3S/c12-10-1-13-15(4-10)5-11(16)14-2-8-6-19(17,18)7-9(8)3-14/h1,4,8-9H,2-3,5-7H2/t8-,9+. The summed E-state index contributed by atoms with van der Waals surface area (Å²) in [6.07, 6.45) is 3.39. The molecule has 0 radical (unpaired) electrons. The molecule has 19 heavy (non-hydrogen) atoms. The lowest BCUT2D eigenvalue weighted by molar-refractivity contribution is -0.131. The molecule has 2 aliphatic heterocycles. The average molecular weight is 348 g/mol. The Labute approximate surface area is 119 Å². The number of hydrogen-bond donors (Lipinski definition) is 0. The van der Waals surface area contributed by atoms with Crippen molar-refractivity contribution in [1.29, 1.82) is 0 Å². The summed E-state index contributed by atoms with van der Waals surface area (Å²) in [6.45, 7) is 1.33. The molecular formula is C11H14BrN3O3S. The van der Waals surface area contributed by atoms with E-state index in [1.807, 2.05) is 0 Å². The number of nitrogens with zero attached hydrogens (tertiary/aromatic N) is 3. The maximum atomic E-state index is 12.1. The Morgan fingerprint density at radius 2 is 2.00 bits per heavy atom. The summed E-state index contributed by atoms with van der Waals surface area (Å²) in [6, 6.07) is 0. The van der Waals surface area contributed by atoms with E-state index in [1.54, 1.807) is 22.0 Å². The summed E-state index contributed by atoms with van der Waals surface area (Å²) in [5.41, 5.74) is 0. The van der Waals surface area contributed by atoms with Gasteiger partial charge in [-0.1, -0.05) is 0 Å². The van der Waals surface area contributed by atoms with Gasteiger partial charge in [0.1, 0.15) is 6.54 Å². The van der Waals surface area contributed by atoms with Crippen molar-refractivity contribution in [2.75, 3.05) is 24.6 Å². The highest BCUT2D eigenvalue weighted by Gasteiger charge is 2.44. The van der Waals surface area contributed by atoms with Crippen LogP contribution in [0.5, 0.6) is 0 Å². The van der Waals surface area contributed by atoms with Gasteiger partial charge in [0, 0.05) is 19.3 Å². The predicted octanol–water partition coefficient (Wildman–Crippen LogP) is 0.149. The Balaban J connectivity index is 1.62. The highest BCUT2D eigenvalue weighted by molar-refractivity contribution is 9.10. The topological polar surface area (TPSA) is 72.3 Å². The predicted molar refractivity (Wildman–Crippen MR) is 72.1 cm³/mol. The quantitative estimate of drug-likeness (QED) is 0.763. The van der Waals surface area contributed by atoms with Crippen molar-refractivity contribution in [3.63, 3.8) is 0 Å². The minimum absolute atomic E-state index is 0.00222. The maximum absolute atomic E-state index is 12.1. The third-order valence-electron chi connectivity index (χ3n) is 3.76. The first-order valence-electron chi connectivity index (χ1n) is 6.09. The van der Waals surface area contributed by atoms with E-state index in [4.69, 9.17) is 0 Å². The van der Waals surface area contributed by atoms with Gasteiger partial charge in [-0.3, -0.25) is 9.48 Å². The molecule has 1 aromatic rings. The number of rotatable bonds is 2. The second-order valence-electron chi connectivity index (χ2n) is 5.25. The van der Waals surface area contributed by atoms with Crippen molar-refractivity contribution >= 4 is 31.7 Å². The van der Waals surface area contributed by atoms with Crippen LogP contribution in [0.25, 0.3) is 0 Å². The van der Waals surface area contributed by atoms with Crippen LogP contribution >= 0.6 is 15.9 Å². The molecular weight excluding hydrogens is 334 g/mol.